The van der Waals surface area contributed by atoms with E-state index in [1.54, 1.807) is 12.4 Å². The minimum absolute atomic E-state index is 0.0265. The molecule has 0 aliphatic carbocycles. The molecule has 0 saturated heterocycles. The Morgan fingerprint density at radius 2 is 2.10 bits per heavy atom. The predicted molar refractivity (Wildman–Crippen MR) is 88.1 cm³/mol. The van der Waals surface area contributed by atoms with Gasteiger partial charge in [0.2, 0.25) is 0 Å². The van der Waals surface area contributed by atoms with Gasteiger partial charge in [0.1, 0.15) is 0 Å². The fraction of sp³-hybridized carbons (Fsp3) is 0.273. The van der Waals surface area contributed by atoms with Gasteiger partial charge in [-0.15, -0.1) is 0 Å². The number of aryl methyl sites for hydroxylation is 1. The number of esters is 1. The maximum Gasteiger partial charge on any atom is 0.359 e. The van der Waals surface area contributed by atoms with Gasteiger partial charge in [0.25, 0.3) is 0 Å². The van der Waals surface area contributed by atoms with E-state index in [2.05, 4.69) is 15.3 Å². The Balaban J connectivity index is 1.80. The molecule has 2 N–H and O–H groups in total. The quantitative estimate of drug-likeness (QED) is 0.344. The number of aromatic carboxylic acids is 1. The number of carboxylic acids is 1. The number of hydrogen-bond acceptors (Lipinski definition) is 5. The monoisotopic (exact) mass is 516 g/mol. The average Bonchev–Trinajstić information content (AvgIpc) is 3.00. The molecule has 2 aromatic rings. The smallest absolute Gasteiger partial charge is 0.359 e. The summed E-state index contributed by atoms with van der Waals surface area (Å²) in [7, 11) is 0. The first-order valence-electron chi connectivity index (χ1n) is 5.81. The van der Waals surface area contributed by atoms with Crippen LogP contribution in [0.5, 0.6) is 0 Å². The third-order valence-corrected chi connectivity index (χ3v) is 4.08. The van der Waals surface area contributed by atoms with Crippen LogP contribution < -0.4 is 0 Å². The lowest BCUT2D eigenvalue weighted by Crippen LogP contribution is -2.11. The molecule has 10 heteroatoms. The highest BCUT2D eigenvalue weighted by molar-refractivity contribution is 14.1. The molecule has 0 radical (unpaired) electrons. The molecule has 0 unspecified atom stereocenters. The summed E-state index contributed by atoms with van der Waals surface area (Å²) in [5.74, 6) is -1.54. The Kier molecular flexibility index (Phi) is 5.55. The van der Waals surface area contributed by atoms with Crippen molar-refractivity contribution in [1.29, 1.82) is 0 Å². The number of ether oxygens (including phenoxy) is 1. The van der Waals surface area contributed by atoms with Crippen LogP contribution in [0, 0.1) is 7.14 Å². The van der Waals surface area contributed by atoms with E-state index in [-0.39, 0.29) is 18.0 Å². The summed E-state index contributed by atoms with van der Waals surface area (Å²) in [5, 5.41) is 19.2. The second kappa shape index (κ2) is 7.20. The maximum absolute atomic E-state index is 11.7. The van der Waals surface area contributed by atoms with Crippen molar-refractivity contribution in [3.8, 4) is 0 Å². The zero-order valence-electron chi connectivity index (χ0n) is 10.5. The van der Waals surface area contributed by atoms with Crippen LogP contribution in [0.25, 0.3) is 0 Å². The van der Waals surface area contributed by atoms with Gasteiger partial charge in [-0.25, -0.2) is 9.59 Å². The first-order valence-corrected chi connectivity index (χ1v) is 7.97. The summed E-state index contributed by atoms with van der Waals surface area (Å²) in [6.45, 7) is 0.675. The van der Waals surface area contributed by atoms with Crippen molar-refractivity contribution < 1.29 is 19.4 Å². The molecule has 21 heavy (non-hydrogen) atoms. The molecule has 0 aliphatic heterocycles. The summed E-state index contributed by atoms with van der Waals surface area (Å²) >= 11 is 3.91. The van der Waals surface area contributed by atoms with E-state index in [4.69, 9.17) is 9.84 Å². The van der Waals surface area contributed by atoms with Crippen LogP contribution >= 0.6 is 45.2 Å². The summed E-state index contributed by atoms with van der Waals surface area (Å²) in [6, 6.07) is 0. The highest BCUT2D eigenvalue weighted by atomic mass is 127. The van der Waals surface area contributed by atoms with Gasteiger partial charge in [-0.3, -0.25) is 9.78 Å². The normalized spacial score (nSPS) is 10.6. The third-order valence-electron chi connectivity index (χ3n) is 2.47. The van der Waals surface area contributed by atoms with E-state index in [0.29, 0.717) is 20.1 Å². The van der Waals surface area contributed by atoms with Crippen LogP contribution in [0.1, 0.15) is 27.4 Å². The van der Waals surface area contributed by atoms with Crippen molar-refractivity contribution in [3.63, 3.8) is 0 Å². The molecular weight excluding hydrogens is 506 g/mol. The van der Waals surface area contributed by atoms with Crippen LogP contribution in [0.3, 0.4) is 0 Å². The summed E-state index contributed by atoms with van der Waals surface area (Å²) in [5.41, 5.74) is 0.288. The van der Waals surface area contributed by atoms with Gasteiger partial charge < -0.3 is 9.84 Å². The number of halogens is 2. The van der Waals surface area contributed by atoms with Crippen LogP contribution in [0.15, 0.2) is 12.4 Å². The Bertz CT molecular complexity index is 667. The highest BCUT2D eigenvalue weighted by Crippen LogP contribution is 2.11. The molecule has 0 atom stereocenters. The van der Waals surface area contributed by atoms with E-state index in [1.807, 2.05) is 45.2 Å². The molecule has 0 saturated carbocycles. The van der Waals surface area contributed by atoms with Gasteiger partial charge in [-0.2, -0.15) is 10.2 Å². The minimum Gasteiger partial charge on any atom is -0.476 e. The van der Waals surface area contributed by atoms with Gasteiger partial charge >= 0.3 is 11.9 Å². The van der Waals surface area contributed by atoms with E-state index < -0.39 is 11.9 Å². The lowest BCUT2D eigenvalue weighted by molar-refractivity contribution is 0.0486. The van der Waals surface area contributed by atoms with Crippen molar-refractivity contribution >= 4 is 57.1 Å². The predicted octanol–water partition coefficient (Wildman–Crippen LogP) is 1.76. The lowest BCUT2D eigenvalue weighted by Gasteiger charge is -2.03. The second-order valence-electron chi connectivity index (χ2n) is 3.97. The molecule has 0 aromatic carbocycles. The Hall–Kier alpha value is -1.18. The third kappa shape index (κ3) is 4.15. The molecule has 0 amide bonds. The number of carboxylic acid groups (broad SMARTS) is 1. The summed E-state index contributed by atoms with van der Waals surface area (Å²) < 4.78 is 7.88. The number of carbonyl (C=O) groups excluding carboxylic acids is 1. The van der Waals surface area contributed by atoms with E-state index in [1.165, 1.54) is 4.68 Å². The van der Waals surface area contributed by atoms with Crippen molar-refractivity contribution in [2.24, 2.45) is 0 Å². The molecule has 0 bridgehead atoms. The van der Waals surface area contributed by atoms with Crippen LogP contribution in [0.4, 0.5) is 0 Å². The number of nitrogens with zero attached hydrogens (tertiary/aromatic N) is 3. The van der Waals surface area contributed by atoms with E-state index in [0.717, 1.165) is 0 Å². The number of hydrogen-bond donors (Lipinski definition) is 2. The molecule has 2 rings (SSSR count). The molecule has 0 spiro atoms. The lowest BCUT2D eigenvalue weighted by atomic mass is 10.4. The van der Waals surface area contributed by atoms with Gasteiger partial charge in [-0.05, 0) is 45.2 Å². The fourth-order valence-electron chi connectivity index (χ4n) is 1.53. The molecule has 112 valence electrons. The fourth-order valence-corrected chi connectivity index (χ4v) is 2.67. The van der Waals surface area contributed by atoms with Gasteiger partial charge in [0, 0.05) is 25.4 Å². The minimum atomic E-state index is -1.06. The van der Waals surface area contributed by atoms with Crippen LogP contribution in [-0.2, 0) is 11.3 Å². The summed E-state index contributed by atoms with van der Waals surface area (Å²) in [4.78, 5) is 22.5. The summed E-state index contributed by atoms with van der Waals surface area (Å²) in [6.07, 6.45) is 3.78. The zero-order chi connectivity index (χ0) is 15.4. The number of nitrogens with one attached hydrogen (secondary N) is 1. The molecule has 2 heterocycles. The van der Waals surface area contributed by atoms with Gasteiger partial charge in [0.15, 0.2) is 11.4 Å². The Labute approximate surface area is 146 Å². The molecule has 0 fully saturated rings. The van der Waals surface area contributed by atoms with E-state index >= 15 is 0 Å². The number of H-pyrrole nitrogens is 1. The second-order valence-corrected chi connectivity index (χ2v) is 6.29. The SMILES string of the molecule is O=C(O)c1nn(CCCOC(=O)c2n[nH]cc2I)cc1I. The van der Waals surface area contributed by atoms with Crippen LogP contribution in [-0.4, -0.2) is 43.6 Å². The molecule has 2 aromatic heterocycles. The highest BCUT2D eigenvalue weighted by Gasteiger charge is 2.15. The maximum atomic E-state index is 11.7. The molecular formula is C11H10I2N4O4. The molecule has 8 nitrogen and oxygen atoms in total. The Morgan fingerprint density at radius 1 is 1.33 bits per heavy atom. The van der Waals surface area contributed by atoms with Gasteiger partial charge in [0.05, 0.1) is 13.7 Å². The van der Waals surface area contributed by atoms with Crippen LogP contribution in [0.2, 0.25) is 0 Å². The first-order chi connectivity index (χ1) is 9.99. The largest absolute Gasteiger partial charge is 0.476 e. The first kappa shape index (κ1) is 16.2. The van der Waals surface area contributed by atoms with Crippen molar-refractivity contribution in [2.75, 3.05) is 6.61 Å². The van der Waals surface area contributed by atoms with Crippen molar-refractivity contribution in [3.05, 3.63) is 30.9 Å². The number of rotatable bonds is 6. The topological polar surface area (TPSA) is 110 Å². The zero-order valence-corrected chi connectivity index (χ0v) is 14.9. The van der Waals surface area contributed by atoms with Crippen molar-refractivity contribution in [1.82, 2.24) is 20.0 Å². The number of carbonyl (C=O) groups is 2. The molecule has 0 aliphatic rings. The number of aromatic amines is 1. The van der Waals surface area contributed by atoms with Gasteiger partial charge in [-0.1, -0.05) is 0 Å². The van der Waals surface area contributed by atoms with E-state index in [9.17, 15) is 9.59 Å². The Morgan fingerprint density at radius 3 is 2.67 bits per heavy atom. The standard InChI is InChI=1S/C11H10I2N4O4/c12-6-4-14-15-9(6)11(20)21-3-1-2-17-5-7(13)8(16-17)10(18)19/h4-5H,1-3H2,(H,14,15)(H,18,19). The van der Waals surface area contributed by atoms with Crippen molar-refractivity contribution in [2.45, 2.75) is 13.0 Å². The average molecular weight is 516 g/mol. The number of aromatic nitrogens is 4.